The lowest BCUT2D eigenvalue weighted by molar-refractivity contribution is -0.121. The first-order valence-corrected chi connectivity index (χ1v) is 11.1. The summed E-state index contributed by atoms with van der Waals surface area (Å²) in [6, 6.07) is 17.4. The average molecular weight is 428 g/mol. The van der Waals surface area contributed by atoms with E-state index >= 15 is 0 Å². The van der Waals surface area contributed by atoms with Gasteiger partial charge in [0.15, 0.2) is 0 Å². The molecule has 162 valence electrons. The number of para-hydroxylation sites is 2. The van der Waals surface area contributed by atoms with Gasteiger partial charge in [0.25, 0.3) is 5.56 Å². The van der Waals surface area contributed by atoms with Gasteiger partial charge in [-0.05, 0) is 55.5 Å². The lowest BCUT2D eigenvalue weighted by Gasteiger charge is -2.06. The van der Waals surface area contributed by atoms with Crippen LogP contribution in [0, 0.1) is 0 Å². The molecule has 2 heterocycles. The first-order chi connectivity index (χ1) is 15.7. The number of aryl methyl sites for hydroxylation is 1. The van der Waals surface area contributed by atoms with Crippen LogP contribution in [-0.4, -0.2) is 25.7 Å². The summed E-state index contributed by atoms with van der Waals surface area (Å²) in [6.07, 6.45) is 4.68. The molecule has 0 spiro atoms. The number of aromatic nitrogens is 4. The maximum absolute atomic E-state index is 12.4. The van der Waals surface area contributed by atoms with E-state index in [-0.39, 0.29) is 11.5 Å². The highest BCUT2D eigenvalue weighted by Gasteiger charge is 2.23. The van der Waals surface area contributed by atoms with Crippen molar-refractivity contribution in [2.24, 2.45) is 0 Å². The second-order valence-corrected chi connectivity index (χ2v) is 8.13. The van der Waals surface area contributed by atoms with Gasteiger partial charge in [-0.25, -0.2) is 9.67 Å². The van der Waals surface area contributed by atoms with Gasteiger partial charge in [0, 0.05) is 18.5 Å². The molecule has 0 unspecified atom stereocenters. The number of carbonyl (C=O) groups excluding carboxylic acids is 1. The number of nitrogens with one attached hydrogen (secondary N) is 2. The SMILES string of the molecule is O=C(CCCc1nc2ccccc2c(=O)[nH]1)NCc1nn(-c2ccccc2)c2c1CCC2. The van der Waals surface area contributed by atoms with Crippen molar-refractivity contribution in [3.63, 3.8) is 0 Å². The van der Waals surface area contributed by atoms with Crippen molar-refractivity contribution >= 4 is 16.8 Å². The van der Waals surface area contributed by atoms with Crippen molar-refractivity contribution in [3.05, 3.63) is 87.7 Å². The Morgan fingerprint density at radius 1 is 1.06 bits per heavy atom. The van der Waals surface area contributed by atoms with Gasteiger partial charge in [0.05, 0.1) is 28.8 Å². The van der Waals surface area contributed by atoms with E-state index in [2.05, 4.69) is 27.4 Å². The molecule has 0 bridgehead atoms. The number of hydrogen-bond donors (Lipinski definition) is 2. The molecule has 2 aromatic carbocycles. The fourth-order valence-corrected chi connectivity index (χ4v) is 4.38. The molecule has 0 aliphatic heterocycles. The third-order valence-electron chi connectivity index (χ3n) is 5.95. The number of H-pyrrole nitrogens is 1. The van der Waals surface area contributed by atoms with Crippen LogP contribution in [0.3, 0.4) is 0 Å². The Morgan fingerprint density at radius 3 is 2.75 bits per heavy atom. The highest BCUT2D eigenvalue weighted by Crippen LogP contribution is 2.27. The van der Waals surface area contributed by atoms with E-state index < -0.39 is 0 Å². The molecule has 32 heavy (non-hydrogen) atoms. The summed E-state index contributed by atoms with van der Waals surface area (Å²) >= 11 is 0. The Labute approximate surface area is 185 Å². The van der Waals surface area contributed by atoms with E-state index in [9.17, 15) is 9.59 Å². The van der Waals surface area contributed by atoms with Crippen molar-refractivity contribution in [2.45, 2.75) is 45.1 Å². The highest BCUT2D eigenvalue weighted by molar-refractivity contribution is 5.77. The van der Waals surface area contributed by atoms with Crippen molar-refractivity contribution in [2.75, 3.05) is 0 Å². The maximum Gasteiger partial charge on any atom is 0.258 e. The zero-order chi connectivity index (χ0) is 21.9. The molecule has 4 aromatic rings. The van der Waals surface area contributed by atoms with Gasteiger partial charge in [-0.3, -0.25) is 9.59 Å². The Balaban J connectivity index is 1.19. The van der Waals surface area contributed by atoms with Gasteiger partial charge in [0.2, 0.25) is 5.91 Å². The summed E-state index contributed by atoms with van der Waals surface area (Å²) in [7, 11) is 0. The molecular weight excluding hydrogens is 402 g/mol. The van der Waals surface area contributed by atoms with Crippen LogP contribution in [0.1, 0.15) is 42.0 Å². The number of benzene rings is 2. The summed E-state index contributed by atoms with van der Waals surface area (Å²) in [5.41, 5.74) is 5.07. The second kappa shape index (κ2) is 8.78. The summed E-state index contributed by atoms with van der Waals surface area (Å²) < 4.78 is 2.02. The van der Waals surface area contributed by atoms with E-state index in [0.29, 0.717) is 42.5 Å². The van der Waals surface area contributed by atoms with E-state index in [4.69, 9.17) is 5.10 Å². The van der Waals surface area contributed by atoms with E-state index in [0.717, 1.165) is 30.6 Å². The van der Waals surface area contributed by atoms with Crippen LogP contribution in [0.25, 0.3) is 16.6 Å². The third-order valence-corrected chi connectivity index (χ3v) is 5.95. The highest BCUT2D eigenvalue weighted by atomic mass is 16.1. The predicted molar refractivity (Wildman–Crippen MR) is 123 cm³/mol. The molecule has 1 aliphatic rings. The van der Waals surface area contributed by atoms with Gasteiger partial charge in [-0.1, -0.05) is 30.3 Å². The van der Waals surface area contributed by atoms with Crippen LogP contribution in [0.15, 0.2) is 59.4 Å². The molecule has 0 saturated carbocycles. The van der Waals surface area contributed by atoms with E-state index in [1.54, 1.807) is 6.07 Å². The summed E-state index contributed by atoms with van der Waals surface area (Å²) in [4.78, 5) is 31.9. The number of amides is 1. The summed E-state index contributed by atoms with van der Waals surface area (Å²) in [6.45, 7) is 0.437. The van der Waals surface area contributed by atoms with Crippen LogP contribution in [-0.2, 0) is 30.6 Å². The van der Waals surface area contributed by atoms with Crippen LogP contribution < -0.4 is 10.9 Å². The monoisotopic (exact) mass is 427 g/mol. The number of aromatic amines is 1. The zero-order valence-corrected chi connectivity index (χ0v) is 17.8. The van der Waals surface area contributed by atoms with Crippen LogP contribution in [0.2, 0.25) is 0 Å². The smallest absolute Gasteiger partial charge is 0.258 e. The fourth-order valence-electron chi connectivity index (χ4n) is 4.38. The number of hydrogen-bond acceptors (Lipinski definition) is 4. The molecule has 7 nitrogen and oxygen atoms in total. The Bertz CT molecular complexity index is 1320. The molecule has 1 aliphatic carbocycles. The third kappa shape index (κ3) is 4.06. The van der Waals surface area contributed by atoms with E-state index in [1.165, 1.54) is 11.3 Å². The molecule has 0 radical (unpaired) electrons. The molecule has 0 saturated heterocycles. The Hall–Kier alpha value is -3.74. The standard InChI is InChI=1S/C25H25N5O2/c31-24(15-7-14-23-27-20-12-5-4-10-19(20)25(32)28-23)26-16-21-18-11-6-13-22(18)30(29-21)17-8-2-1-3-9-17/h1-5,8-10,12H,6-7,11,13-16H2,(H,26,31)(H,27,28,32). The molecule has 2 N–H and O–H groups in total. The van der Waals surface area contributed by atoms with Crippen molar-refractivity contribution in [1.82, 2.24) is 25.1 Å². The fraction of sp³-hybridized carbons (Fsp3) is 0.280. The molecular formula is C25H25N5O2. The summed E-state index contributed by atoms with van der Waals surface area (Å²) in [5.74, 6) is 0.593. The van der Waals surface area contributed by atoms with E-state index in [1.807, 2.05) is 41.1 Å². The Kier molecular flexibility index (Phi) is 5.54. The Morgan fingerprint density at radius 2 is 1.88 bits per heavy atom. The number of carbonyl (C=O) groups is 1. The number of nitrogens with zero attached hydrogens (tertiary/aromatic N) is 3. The van der Waals surface area contributed by atoms with Gasteiger partial charge in [-0.2, -0.15) is 5.10 Å². The summed E-state index contributed by atoms with van der Waals surface area (Å²) in [5, 5.41) is 8.39. The lowest BCUT2D eigenvalue weighted by Crippen LogP contribution is -2.23. The average Bonchev–Trinajstić information content (AvgIpc) is 3.42. The van der Waals surface area contributed by atoms with Gasteiger partial charge >= 0.3 is 0 Å². The lowest BCUT2D eigenvalue weighted by atomic mass is 10.2. The van der Waals surface area contributed by atoms with Crippen molar-refractivity contribution in [3.8, 4) is 5.69 Å². The van der Waals surface area contributed by atoms with Crippen LogP contribution >= 0.6 is 0 Å². The predicted octanol–water partition coefficient (Wildman–Crippen LogP) is 3.24. The number of rotatable bonds is 7. The molecule has 0 atom stereocenters. The number of fused-ring (bicyclic) bond motifs is 2. The first kappa shape index (κ1) is 20.2. The molecule has 2 aromatic heterocycles. The maximum atomic E-state index is 12.4. The molecule has 7 heteroatoms. The van der Waals surface area contributed by atoms with Gasteiger partial charge in [-0.15, -0.1) is 0 Å². The minimum Gasteiger partial charge on any atom is -0.350 e. The minimum absolute atomic E-state index is 0.0193. The molecule has 0 fully saturated rings. The molecule has 1 amide bonds. The zero-order valence-electron chi connectivity index (χ0n) is 17.8. The second-order valence-electron chi connectivity index (χ2n) is 8.13. The van der Waals surface area contributed by atoms with Gasteiger partial charge in [0.1, 0.15) is 5.82 Å². The van der Waals surface area contributed by atoms with Crippen LogP contribution in [0.4, 0.5) is 0 Å². The van der Waals surface area contributed by atoms with Crippen LogP contribution in [0.5, 0.6) is 0 Å². The molecule has 5 rings (SSSR count). The quantitative estimate of drug-likeness (QED) is 0.474. The van der Waals surface area contributed by atoms with Crippen molar-refractivity contribution < 1.29 is 4.79 Å². The largest absolute Gasteiger partial charge is 0.350 e. The normalized spacial score (nSPS) is 12.8. The van der Waals surface area contributed by atoms with Crippen molar-refractivity contribution in [1.29, 1.82) is 0 Å². The van der Waals surface area contributed by atoms with Gasteiger partial charge < -0.3 is 10.3 Å². The minimum atomic E-state index is -0.141. The first-order valence-electron chi connectivity index (χ1n) is 11.1. The topological polar surface area (TPSA) is 92.7 Å².